The smallest absolute Gasteiger partial charge is 0.227 e. The standard InChI is InChI=1S/C11H12BrN3OS/c12-8-5-10(17-7-8)9-6-11(16-14-9)15-3-1-13-2-4-15/h5-7,13H,1-4H2. The fourth-order valence-electron chi connectivity index (χ4n) is 1.86. The summed E-state index contributed by atoms with van der Waals surface area (Å²) >= 11 is 5.11. The Morgan fingerprint density at radius 1 is 1.35 bits per heavy atom. The van der Waals surface area contributed by atoms with E-state index in [2.05, 4.69) is 42.7 Å². The lowest BCUT2D eigenvalue weighted by Gasteiger charge is -2.25. The number of hydrogen-bond donors (Lipinski definition) is 1. The molecule has 0 unspecified atom stereocenters. The summed E-state index contributed by atoms with van der Waals surface area (Å²) in [5, 5.41) is 9.50. The molecule has 1 N–H and O–H groups in total. The van der Waals surface area contributed by atoms with E-state index in [-0.39, 0.29) is 0 Å². The molecule has 90 valence electrons. The van der Waals surface area contributed by atoms with Gasteiger partial charge < -0.3 is 14.7 Å². The highest BCUT2D eigenvalue weighted by atomic mass is 79.9. The minimum atomic E-state index is 0.867. The first-order valence-electron chi connectivity index (χ1n) is 5.50. The zero-order valence-electron chi connectivity index (χ0n) is 9.15. The van der Waals surface area contributed by atoms with Gasteiger partial charge in [-0.3, -0.25) is 0 Å². The molecule has 1 fully saturated rings. The van der Waals surface area contributed by atoms with Crippen molar-refractivity contribution < 1.29 is 4.52 Å². The average molecular weight is 314 g/mol. The van der Waals surface area contributed by atoms with Crippen LogP contribution < -0.4 is 10.2 Å². The van der Waals surface area contributed by atoms with Gasteiger partial charge in [0.1, 0.15) is 5.69 Å². The molecule has 0 aliphatic carbocycles. The maximum absolute atomic E-state index is 5.41. The Morgan fingerprint density at radius 2 is 2.18 bits per heavy atom. The van der Waals surface area contributed by atoms with E-state index in [1.807, 2.05) is 6.07 Å². The maximum Gasteiger partial charge on any atom is 0.227 e. The van der Waals surface area contributed by atoms with Crippen LogP contribution in [0.3, 0.4) is 0 Å². The second kappa shape index (κ2) is 4.80. The van der Waals surface area contributed by atoms with E-state index in [1.54, 1.807) is 11.3 Å². The molecule has 3 rings (SSSR count). The van der Waals surface area contributed by atoms with Gasteiger partial charge >= 0.3 is 0 Å². The fourth-order valence-corrected chi connectivity index (χ4v) is 3.24. The third-order valence-electron chi connectivity index (χ3n) is 2.75. The highest BCUT2D eigenvalue weighted by molar-refractivity contribution is 9.10. The normalized spacial score (nSPS) is 16.4. The molecule has 0 amide bonds. The molecule has 4 nitrogen and oxygen atoms in total. The van der Waals surface area contributed by atoms with Gasteiger partial charge in [0.2, 0.25) is 5.88 Å². The van der Waals surface area contributed by atoms with Crippen LogP contribution in [0, 0.1) is 0 Å². The summed E-state index contributed by atoms with van der Waals surface area (Å²) in [6, 6.07) is 4.08. The zero-order valence-corrected chi connectivity index (χ0v) is 11.6. The van der Waals surface area contributed by atoms with Crippen molar-refractivity contribution in [2.75, 3.05) is 31.1 Å². The largest absolute Gasteiger partial charge is 0.338 e. The van der Waals surface area contributed by atoms with Crippen LogP contribution in [0.25, 0.3) is 10.6 Å². The molecule has 2 aromatic rings. The molecular formula is C11H12BrN3OS. The van der Waals surface area contributed by atoms with Gasteiger partial charge in [-0.1, -0.05) is 5.16 Å². The van der Waals surface area contributed by atoms with Gasteiger partial charge in [-0.25, -0.2) is 0 Å². The summed E-state index contributed by atoms with van der Waals surface area (Å²) < 4.78 is 6.49. The first-order chi connectivity index (χ1) is 8.33. The molecule has 0 saturated carbocycles. The molecule has 6 heteroatoms. The number of nitrogens with zero attached hydrogens (tertiary/aromatic N) is 2. The number of rotatable bonds is 2. The summed E-state index contributed by atoms with van der Waals surface area (Å²) in [4.78, 5) is 3.34. The van der Waals surface area contributed by atoms with Crippen molar-refractivity contribution in [2.24, 2.45) is 0 Å². The van der Waals surface area contributed by atoms with Crippen LogP contribution in [0.5, 0.6) is 0 Å². The Balaban J connectivity index is 1.82. The maximum atomic E-state index is 5.41. The van der Waals surface area contributed by atoms with Crippen molar-refractivity contribution >= 4 is 33.2 Å². The quantitative estimate of drug-likeness (QED) is 0.925. The first kappa shape index (κ1) is 11.3. The van der Waals surface area contributed by atoms with Gasteiger partial charge in [0, 0.05) is 42.1 Å². The third-order valence-corrected chi connectivity index (χ3v) is 4.46. The predicted octanol–water partition coefficient (Wildman–Crippen LogP) is 2.58. The number of hydrogen-bond acceptors (Lipinski definition) is 5. The van der Waals surface area contributed by atoms with Crippen LogP contribution in [0.15, 0.2) is 26.5 Å². The summed E-state index contributed by atoms with van der Waals surface area (Å²) in [5.74, 6) is 0.867. The van der Waals surface area contributed by atoms with Crippen LogP contribution >= 0.6 is 27.3 Å². The first-order valence-corrected chi connectivity index (χ1v) is 7.17. The Morgan fingerprint density at radius 3 is 2.88 bits per heavy atom. The Labute approximate surface area is 112 Å². The molecule has 1 aliphatic heterocycles. The Kier molecular flexibility index (Phi) is 3.17. The molecular weight excluding hydrogens is 302 g/mol. The van der Waals surface area contributed by atoms with Gasteiger partial charge in [0.15, 0.2) is 0 Å². The van der Waals surface area contributed by atoms with E-state index in [4.69, 9.17) is 4.52 Å². The average Bonchev–Trinajstić information content (AvgIpc) is 2.98. The SMILES string of the molecule is Brc1csc(-c2cc(N3CCNCC3)on2)c1. The van der Waals surface area contributed by atoms with Gasteiger partial charge in [-0.05, 0) is 22.0 Å². The lowest BCUT2D eigenvalue weighted by molar-refractivity contribution is 0.409. The minimum Gasteiger partial charge on any atom is -0.338 e. The summed E-state index contributed by atoms with van der Waals surface area (Å²) in [5.41, 5.74) is 0.911. The van der Waals surface area contributed by atoms with E-state index < -0.39 is 0 Å². The molecule has 0 spiro atoms. The number of nitrogens with one attached hydrogen (secondary N) is 1. The molecule has 0 bridgehead atoms. The lowest BCUT2D eigenvalue weighted by Crippen LogP contribution is -2.43. The van der Waals surface area contributed by atoms with Crippen LogP contribution in [0.2, 0.25) is 0 Å². The van der Waals surface area contributed by atoms with E-state index in [1.165, 1.54) is 0 Å². The number of piperazine rings is 1. The highest BCUT2D eigenvalue weighted by Crippen LogP contribution is 2.31. The van der Waals surface area contributed by atoms with Gasteiger partial charge in [0.05, 0.1) is 4.88 Å². The second-order valence-corrected chi connectivity index (χ2v) is 5.74. The summed E-state index contributed by atoms with van der Waals surface area (Å²) in [7, 11) is 0. The molecule has 1 aliphatic rings. The number of aromatic nitrogens is 1. The molecule has 0 aromatic carbocycles. The van der Waals surface area contributed by atoms with Crippen molar-refractivity contribution in [2.45, 2.75) is 0 Å². The van der Waals surface area contributed by atoms with Gasteiger partial charge in [-0.15, -0.1) is 11.3 Å². The minimum absolute atomic E-state index is 0.867. The zero-order chi connectivity index (χ0) is 11.7. The van der Waals surface area contributed by atoms with E-state index in [9.17, 15) is 0 Å². The third kappa shape index (κ3) is 2.38. The predicted molar refractivity (Wildman–Crippen MR) is 72.6 cm³/mol. The fraction of sp³-hybridized carbons (Fsp3) is 0.364. The van der Waals surface area contributed by atoms with Gasteiger partial charge in [0.25, 0.3) is 0 Å². The van der Waals surface area contributed by atoms with Crippen molar-refractivity contribution in [1.82, 2.24) is 10.5 Å². The molecule has 1 saturated heterocycles. The van der Waals surface area contributed by atoms with E-state index in [0.29, 0.717) is 0 Å². The van der Waals surface area contributed by atoms with E-state index in [0.717, 1.165) is 47.1 Å². The van der Waals surface area contributed by atoms with Crippen LogP contribution in [-0.2, 0) is 0 Å². The van der Waals surface area contributed by atoms with Crippen molar-refractivity contribution in [3.05, 3.63) is 22.0 Å². The van der Waals surface area contributed by atoms with Crippen molar-refractivity contribution in [3.8, 4) is 10.6 Å². The molecule has 17 heavy (non-hydrogen) atoms. The van der Waals surface area contributed by atoms with Gasteiger partial charge in [-0.2, -0.15) is 0 Å². The molecule has 0 radical (unpaired) electrons. The topological polar surface area (TPSA) is 41.3 Å². The molecule has 3 heterocycles. The monoisotopic (exact) mass is 313 g/mol. The highest BCUT2D eigenvalue weighted by Gasteiger charge is 2.16. The summed E-state index contributed by atoms with van der Waals surface area (Å²) in [6.07, 6.45) is 0. The van der Waals surface area contributed by atoms with Crippen LogP contribution in [0.4, 0.5) is 5.88 Å². The molecule has 0 atom stereocenters. The molecule has 2 aromatic heterocycles. The van der Waals surface area contributed by atoms with Crippen molar-refractivity contribution in [3.63, 3.8) is 0 Å². The summed E-state index contributed by atoms with van der Waals surface area (Å²) in [6.45, 7) is 3.95. The number of anilines is 1. The Bertz CT molecular complexity index is 504. The van der Waals surface area contributed by atoms with Crippen molar-refractivity contribution in [1.29, 1.82) is 0 Å². The van der Waals surface area contributed by atoms with Crippen LogP contribution in [-0.4, -0.2) is 31.3 Å². The van der Waals surface area contributed by atoms with E-state index >= 15 is 0 Å². The van der Waals surface area contributed by atoms with Crippen LogP contribution in [0.1, 0.15) is 0 Å². The lowest BCUT2D eigenvalue weighted by atomic mass is 10.3. The number of halogens is 1. The Hall–Kier alpha value is -0.850. The number of thiophene rings is 1. The second-order valence-electron chi connectivity index (χ2n) is 3.92.